The van der Waals surface area contributed by atoms with Gasteiger partial charge in [-0.25, -0.2) is 14.0 Å². The molecule has 0 fully saturated rings. The summed E-state index contributed by atoms with van der Waals surface area (Å²) in [5, 5.41) is 8.29. The van der Waals surface area contributed by atoms with E-state index < -0.39 is 0 Å². The van der Waals surface area contributed by atoms with Crippen molar-refractivity contribution in [3.05, 3.63) is 75.7 Å². The minimum atomic E-state index is -0.293. The molecule has 1 aromatic heterocycles. The summed E-state index contributed by atoms with van der Waals surface area (Å²) in [5.74, 6) is 0. The molecule has 7 heteroatoms. The number of rotatable bonds is 6. The molecular formula is C21H26N4O3. The highest BCUT2D eigenvalue weighted by atomic mass is 16.6. The molecule has 0 saturated heterocycles. The summed E-state index contributed by atoms with van der Waals surface area (Å²) in [7, 11) is 3.06. The van der Waals surface area contributed by atoms with Gasteiger partial charge in [-0.05, 0) is 25.5 Å². The molecule has 0 spiro atoms. The lowest BCUT2D eigenvalue weighted by molar-refractivity contribution is 0.130. The standard InChI is InChI=1S/C20H22N4O3.CH4/c1-14-8-7-10-16(12-14)15(2)22-27-13-17-9-5-6-11-18(17)24-19(26-4)21-23(3)20(24)25;/h5-12H,13H2,1-4H3;1H4/b22-15+;. The van der Waals surface area contributed by atoms with Crippen LogP contribution in [0.15, 0.2) is 58.5 Å². The van der Waals surface area contributed by atoms with Crippen LogP contribution in [0, 0.1) is 6.92 Å². The zero-order valence-electron chi connectivity index (χ0n) is 15.8. The first-order valence-corrected chi connectivity index (χ1v) is 8.53. The minimum Gasteiger partial charge on any atom is -0.467 e. The van der Waals surface area contributed by atoms with Crippen LogP contribution in [-0.2, 0) is 18.5 Å². The Hall–Kier alpha value is -3.35. The summed E-state index contributed by atoms with van der Waals surface area (Å²) in [6, 6.07) is 15.7. The van der Waals surface area contributed by atoms with E-state index in [9.17, 15) is 4.79 Å². The molecule has 0 radical (unpaired) electrons. The fourth-order valence-corrected chi connectivity index (χ4v) is 2.75. The van der Waals surface area contributed by atoms with Gasteiger partial charge in [0.1, 0.15) is 6.61 Å². The van der Waals surface area contributed by atoms with E-state index >= 15 is 0 Å². The van der Waals surface area contributed by atoms with E-state index in [-0.39, 0.29) is 25.7 Å². The third-order valence-corrected chi connectivity index (χ3v) is 4.17. The Labute approximate surface area is 164 Å². The molecule has 7 nitrogen and oxygen atoms in total. The summed E-state index contributed by atoms with van der Waals surface area (Å²) in [5.41, 5.74) is 4.11. The number of hydrogen-bond donors (Lipinski definition) is 0. The van der Waals surface area contributed by atoms with Gasteiger partial charge in [0, 0.05) is 12.6 Å². The second kappa shape index (κ2) is 9.03. The van der Waals surface area contributed by atoms with Crippen LogP contribution < -0.4 is 10.4 Å². The van der Waals surface area contributed by atoms with E-state index in [1.165, 1.54) is 16.4 Å². The second-order valence-electron chi connectivity index (χ2n) is 6.18. The van der Waals surface area contributed by atoms with Crippen molar-refractivity contribution in [1.82, 2.24) is 14.3 Å². The quantitative estimate of drug-likeness (QED) is 0.483. The monoisotopic (exact) mass is 382 g/mol. The maximum atomic E-state index is 12.4. The minimum absolute atomic E-state index is 0. The van der Waals surface area contributed by atoms with Crippen molar-refractivity contribution in [2.45, 2.75) is 27.9 Å². The van der Waals surface area contributed by atoms with Crippen molar-refractivity contribution < 1.29 is 9.57 Å². The topological polar surface area (TPSA) is 70.6 Å². The summed E-state index contributed by atoms with van der Waals surface area (Å²) in [4.78, 5) is 18.0. The lowest BCUT2D eigenvalue weighted by Crippen LogP contribution is -2.22. The predicted octanol–water partition coefficient (Wildman–Crippen LogP) is 3.46. The van der Waals surface area contributed by atoms with Gasteiger partial charge in [0.25, 0.3) is 0 Å². The Bertz CT molecular complexity index is 1030. The molecule has 3 aromatic rings. The molecule has 2 aromatic carbocycles. The van der Waals surface area contributed by atoms with E-state index in [4.69, 9.17) is 9.57 Å². The first-order chi connectivity index (χ1) is 13.0. The fourth-order valence-electron chi connectivity index (χ4n) is 2.75. The van der Waals surface area contributed by atoms with Crippen LogP contribution in [0.4, 0.5) is 0 Å². The smallest absolute Gasteiger partial charge is 0.353 e. The number of oxime groups is 1. The molecule has 1 heterocycles. The highest BCUT2D eigenvalue weighted by Crippen LogP contribution is 2.18. The third kappa shape index (κ3) is 4.31. The largest absolute Gasteiger partial charge is 0.467 e. The van der Waals surface area contributed by atoms with Crippen LogP contribution in [0.2, 0.25) is 0 Å². The van der Waals surface area contributed by atoms with Crippen molar-refractivity contribution in [3.63, 3.8) is 0 Å². The van der Waals surface area contributed by atoms with Crippen molar-refractivity contribution in [1.29, 1.82) is 0 Å². The number of ether oxygens (including phenoxy) is 1. The molecule has 148 valence electrons. The summed E-state index contributed by atoms with van der Waals surface area (Å²) in [6.07, 6.45) is 0. The Morgan fingerprint density at radius 3 is 2.64 bits per heavy atom. The highest BCUT2D eigenvalue weighted by molar-refractivity contribution is 5.98. The molecule has 0 N–H and O–H groups in total. The molecule has 0 atom stereocenters. The number of nitrogens with zero attached hydrogens (tertiary/aromatic N) is 4. The van der Waals surface area contributed by atoms with Crippen molar-refractivity contribution in [3.8, 4) is 11.7 Å². The predicted molar refractivity (Wildman–Crippen MR) is 110 cm³/mol. The van der Waals surface area contributed by atoms with Gasteiger partial charge in [0.05, 0.1) is 18.5 Å². The van der Waals surface area contributed by atoms with Crippen LogP contribution in [0.3, 0.4) is 0 Å². The third-order valence-electron chi connectivity index (χ3n) is 4.17. The zero-order chi connectivity index (χ0) is 19.4. The molecular weight excluding hydrogens is 356 g/mol. The van der Waals surface area contributed by atoms with Gasteiger partial charge in [-0.15, -0.1) is 5.10 Å². The van der Waals surface area contributed by atoms with Gasteiger partial charge in [-0.3, -0.25) is 0 Å². The van der Waals surface area contributed by atoms with Crippen LogP contribution >= 0.6 is 0 Å². The molecule has 3 rings (SSSR count). The van der Waals surface area contributed by atoms with E-state index in [0.717, 1.165) is 22.4 Å². The molecule has 0 saturated carbocycles. The Morgan fingerprint density at radius 1 is 1.18 bits per heavy atom. The highest BCUT2D eigenvalue weighted by Gasteiger charge is 2.16. The zero-order valence-corrected chi connectivity index (χ0v) is 15.8. The Morgan fingerprint density at radius 2 is 1.93 bits per heavy atom. The first-order valence-electron chi connectivity index (χ1n) is 8.53. The van der Waals surface area contributed by atoms with E-state index in [1.54, 1.807) is 7.05 Å². The maximum Gasteiger partial charge on any atom is 0.353 e. The molecule has 0 amide bonds. The van der Waals surface area contributed by atoms with E-state index in [0.29, 0.717) is 5.69 Å². The first kappa shape index (κ1) is 21.0. The molecule has 0 unspecified atom stereocenters. The van der Waals surface area contributed by atoms with Crippen LogP contribution in [0.5, 0.6) is 6.01 Å². The number of hydrogen-bond acceptors (Lipinski definition) is 5. The number of aryl methyl sites for hydroxylation is 2. The van der Waals surface area contributed by atoms with Crippen LogP contribution in [-0.4, -0.2) is 27.2 Å². The maximum absolute atomic E-state index is 12.4. The Kier molecular flexibility index (Phi) is 6.76. The summed E-state index contributed by atoms with van der Waals surface area (Å²) in [6.45, 7) is 4.14. The average molecular weight is 382 g/mol. The van der Waals surface area contributed by atoms with Gasteiger partial charge in [-0.1, -0.05) is 60.6 Å². The number of aromatic nitrogens is 3. The van der Waals surface area contributed by atoms with Gasteiger partial charge >= 0.3 is 11.7 Å². The molecule has 0 aliphatic rings. The normalized spacial score (nSPS) is 11.1. The van der Waals surface area contributed by atoms with E-state index in [2.05, 4.69) is 16.3 Å². The summed E-state index contributed by atoms with van der Waals surface area (Å²) < 4.78 is 7.88. The molecule has 28 heavy (non-hydrogen) atoms. The van der Waals surface area contributed by atoms with Crippen LogP contribution in [0.25, 0.3) is 5.69 Å². The average Bonchev–Trinajstić information content (AvgIpc) is 2.96. The number of methoxy groups -OCH3 is 1. The lowest BCUT2D eigenvalue weighted by atomic mass is 10.1. The molecule has 0 bridgehead atoms. The number of para-hydroxylation sites is 1. The van der Waals surface area contributed by atoms with Crippen molar-refractivity contribution >= 4 is 5.71 Å². The van der Waals surface area contributed by atoms with E-state index in [1.807, 2.05) is 56.3 Å². The van der Waals surface area contributed by atoms with Crippen molar-refractivity contribution in [2.75, 3.05) is 7.11 Å². The summed E-state index contributed by atoms with van der Waals surface area (Å²) >= 11 is 0. The molecule has 0 aliphatic heterocycles. The fraction of sp³-hybridized carbons (Fsp3) is 0.286. The Balaban J connectivity index is 0.00000280. The van der Waals surface area contributed by atoms with Gasteiger partial charge in [0.2, 0.25) is 0 Å². The van der Waals surface area contributed by atoms with Crippen LogP contribution in [0.1, 0.15) is 31.0 Å². The molecule has 0 aliphatic carbocycles. The lowest BCUT2D eigenvalue weighted by Gasteiger charge is -2.10. The van der Waals surface area contributed by atoms with Gasteiger partial charge in [0.15, 0.2) is 0 Å². The number of benzene rings is 2. The van der Waals surface area contributed by atoms with Crippen molar-refractivity contribution in [2.24, 2.45) is 12.2 Å². The SMILES string of the molecule is C.COc1nn(C)c(=O)n1-c1ccccc1CO/N=C(\C)c1cccc(C)c1. The second-order valence-corrected chi connectivity index (χ2v) is 6.18. The van der Waals surface area contributed by atoms with Gasteiger partial charge < -0.3 is 9.57 Å². The van der Waals surface area contributed by atoms with Gasteiger partial charge in [-0.2, -0.15) is 0 Å².